The molecule has 0 fully saturated rings. The minimum Gasteiger partial charge on any atom is -0.349 e. The Morgan fingerprint density at radius 1 is 1.32 bits per heavy atom. The van der Waals surface area contributed by atoms with Crippen LogP contribution < -0.4 is 10.9 Å². The summed E-state index contributed by atoms with van der Waals surface area (Å²) in [5, 5.41) is 3.22. The van der Waals surface area contributed by atoms with Crippen molar-refractivity contribution in [2.24, 2.45) is 0 Å². The second kappa shape index (κ2) is 6.21. The van der Waals surface area contributed by atoms with Gasteiger partial charge in [-0.3, -0.25) is 9.59 Å². The molecule has 0 aliphatic carbocycles. The van der Waals surface area contributed by atoms with Gasteiger partial charge in [-0.05, 0) is 18.6 Å². The standard InChI is InChI=1S/C15H15N5O2/c21-14-11-4-1-2-5-12(11)18-13(19-14)15(22)17-6-3-8-20-9-7-16-10-20/h1-2,4-5,7,9-10H,3,6,8H2,(H,17,22)(H,18,19,21). The van der Waals surface area contributed by atoms with Crippen molar-refractivity contribution in [3.63, 3.8) is 0 Å². The molecule has 0 bridgehead atoms. The maximum Gasteiger partial charge on any atom is 0.287 e. The summed E-state index contributed by atoms with van der Waals surface area (Å²) in [6, 6.07) is 6.92. The Balaban J connectivity index is 1.63. The predicted molar refractivity (Wildman–Crippen MR) is 81.5 cm³/mol. The van der Waals surface area contributed by atoms with Crippen LogP contribution in [-0.2, 0) is 6.54 Å². The van der Waals surface area contributed by atoms with Crippen LogP contribution in [0.15, 0.2) is 47.8 Å². The Hall–Kier alpha value is -2.96. The maximum absolute atomic E-state index is 12.0. The van der Waals surface area contributed by atoms with Gasteiger partial charge in [0, 0.05) is 25.5 Å². The highest BCUT2D eigenvalue weighted by atomic mass is 16.2. The molecule has 7 nitrogen and oxygen atoms in total. The fourth-order valence-electron chi connectivity index (χ4n) is 2.16. The van der Waals surface area contributed by atoms with E-state index < -0.39 is 0 Å². The molecular formula is C15H15N5O2. The summed E-state index contributed by atoms with van der Waals surface area (Å²) in [5.41, 5.74) is 0.198. The molecule has 0 saturated carbocycles. The zero-order valence-electron chi connectivity index (χ0n) is 11.8. The number of aryl methyl sites for hydroxylation is 1. The van der Waals surface area contributed by atoms with Crippen LogP contribution in [0.2, 0.25) is 0 Å². The van der Waals surface area contributed by atoms with E-state index in [2.05, 4.69) is 20.3 Å². The van der Waals surface area contributed by atoms with Crippen molar-refractivity contribution in [1.82, 2.24) is 24.8 Å². The number of carbonyl (C=O) groups is 1. The van der Waals surface area contributed by atoms with Crippen molar-refractivity contribution >= 4 is 16.8 Å². The average molecular weight is 297 g/mol. The molecule has 0 saturated heterocycles. The van der Waals surface area contributed by atoms with Crippen LogP contribution in [-0.4, -0.2) is 32.0 Å². The normalized spacial score (nSPS) is 10.7. The van der Waals surface area contributed by atoms with E-state index in [4.69, 9.17) is 0 Å². The van der Waals surface area contributed by atoms with E-state index >= 15 is 0 Å². The monoisotopic (exact) mass is 297 g/mol. The molecule has 1 aromatic carbocycles. The van der Waals surface area contributed by atoms with E-state index in [1.54, 1.807) is 36.8 Å². The predicted octanol–water partition coefficient (Wildman–Crippen LogP) is 0.940. The van der Waals surface area contributed by atoms with Gasteiger partial charge in [-0.1, -0.05) is 12.1 Å². The van der Waals surface area contributed by atoms with Gasteiger partial charge in [-0.2, -0.15) is 0 Å². The van der Waals surface area contributed by atoms with E-state index in [1.165, 1.54) is 0 Å². The van der Waals surface area contributed by atoms with E-state index in [-0.39, 0.29) is 17.3 Å². The third kappa shape index (κ3) is 3.03. The largest absolute Gasteiger partial charge is 0.349 e. The molecule has 0 aliphatic rings. The Labute approximate surface area is 126 Å². The van der Waals surface area contributed by atoms with Gasteiger partial charge in [0.1, 0.15) is 0 Å². The highest BCUT2D eigenvalue weighted by Gasteiger charge is 2.10. The van der Waals surface area contributed by atoms with Crippen molar-refractivity contribution in [1.29, 1.82) is 0 Å². The van der Waals surface area contributed by atoms with Crippen molar-refractivity contribution in [2.45, 2.75) is 13.0 Å². The Kier molecular flexibility index (Phi) is 3.95. The third-order valence-corrected chi connectivity index (χ3v) is 3.27. The molecule has 0 spiro atoms. The smallest absolute Gasteiger partial charge is 0.287 e. The summed E-state index contributed by atoms with van der Waals surface area (Å²) in [7, 11) is 0. The minimum absolute atomic E-state index is 0.0336. The summed E-state index contributed by atoms with van der Waals surface area (Å²) < 4.78 is 1.93. The number of para-hydroxylation sites is 1. The minimum atomic E-state index is -0.381. The summed E-state index contributed by atoms with van der Waals surface area (Å²) in [6.45, 7) is 1.26. The quantitative estimate of drug-likeness (QED) is 0.685. The number of fused-ring (bicyclic) bond motifs is 1. The van der Waals surface area contributed by atoms with Gasteiger partial charge >= 0.3 is 0 Å². The molecule has 2 heterocycles. The summed E-state index contributed by atoms with van der Waals surface area (Å²) in [6.07, 6.45) is 6.07. The number of hydrogen-bond acceptors (Lipinski definition) is 4. The van der Waals surface area contributed by atoms with Crippen molar-refractivity contribution in [3.8, 4) is 0 Å². The number of hydrogen-bond donors (Lipinski definition) is 2. The second-order valence-corrected chi connectivity index (χ2v) is 4.84. The van der Waals surface area contributed by atoms with Crippen LogP contribution >= 0.6 is 0 Å². The van der Waals surface area contributed by atoms with Crippen LogP contribution in [0.1, 0.15) is 17.0 Å². The molecule has 0 radical (unpaired) electrons. The zero-order chi connectivity index (χ0) is 15.4. The Morgan fingerprint density at radius 2 is 2.18 bits per heavy atom. The number of nitrogens with zero attached hydrogens (tertiary/aromatic N) is 3. The van der Waals surface area contributed by atoms with Crippen molar-refractivity contribution in [3.05, 3.63) is 59.2 Å². The molecule has 2 N–H and O–H groups in total. The van der Waals surface area contributed by atoms with Gasteiger partial charge in [0.2, 0.25) is 0 Å². The van der Waals surface area contributed by atoms with Gasteiger partial charge in [0.05, 0.1) is 17.2 Å². The van der Waals surface area contributed by atoms with Gasteiger partial charge in [-0.15, -0.1) is 0 Å². The number of imidazole rings is 1. The lowest BCUT2D eigenvalue weighted by Gasteiger charge is -2.06. The summed E-state index contributed by atoms with van der Waals surface area (Å²) in [4.78, 5) is 34.6. The van der Waals surface area contributed by atoms with Crippen LogP contribution in [0.25, 0.3) is 10.9 Å². The summed E-state index contributed by atoms with van der Waals surface area (Å²) >= 11 is 0. The fourth-order valence-corrected chi connectivity index (χ4v) is 2.16. The molecule has 3 rings (SSSR count). The lowest BCUT2D eigenvalue weighted by atomic mass is 10.2. The molecule has 112 valence electrons. The molecule has 0 atom stereocenters. The zero-order valence-corrected chi connectivity index (χ0v) is 11.8. The SMILES string of the molecule is O=C(NCCCn1ccnc1)c1nc2ccccc2c(=O)[nH]1. The number of H-pyrrole nitrogens is 1. The first-order valence-electron chi connectivity index (χ1n) is 6.97. The second-order valence-electron chi connectivity index (χ2n) is 4.84. The van der Waals surface area contributed by atoms with Crippen LogP contribution in [0.5, 0.6) is 0 Å². The molecular weight excluding hydrogens is 282 g/mol. The maximum atomic E-state index is 12.0. The first-order chi connectivity index (χ1) is 10.7. The molecule has 7 heteroatoms. The van der Waals surface area contributed by atoms with Crippen molar-refractivity contribution < 1.29 is 4.79 Å². The van der Waals surface area contributed by atoms with Gasteiger partial charge in [0.25, 0.3) is 11.5 Å². The van der Waals surface area contributed by atoms with Crippen molar-refractivity contribution in [2.75, 3.05) is 6.54 Å². The number of aromatic nitrogens is 4. The van der Waals surface area contributed by atoms with Crippen LogP contribution in [0.4, 0.5) is 0 Å². The third-order valence-electron chi connectivity index (χ3n) is 3.27. The topological polar surface area (TPSA) is 92.7 Å². The first kappa shape index (κ1) is 14.0. The number of aromatic amines is 1. The summed E-state index contributed by atoms with van der Waals surface area (Å²) in [5.74, 6) is -0.347. The fraction of sp³-hybridized carbons (Fsp3) is 0.200. The number of rotatable bonds is 5. The van der Waals surface area contributed by atoms with Crippen LogP contribution in [0.3, 0.4) is 0 Å². The number of benzene rings is 1. The van der Waals surface area contributed by atoms with E-state index in [0.717, 1.165) is 13.0 Å². The van der Waals surface area contributed by atoms with E-state index in [0.29, 0.717) is 17.4 Å². The lowest BCUT2D eigenvalue weighted by molar-refractivity contribution is 0.0942. The van der Waals surface area contributed by atoms with Gasteiger partial charge in [-0.25, -0.2) is 9.97 Å². The number of carbonyl (C=O) groups excluding carboxylic acids is 1. The Morgan fingerprint density at radius 3 is 3.00 bits per heavy atom. The Bertz CT molecular complexity index is 839. The lowest BCUT2D eigenvalue weighted by Crippen LogP contribution is -2.29. The van der Waals surface area contributed by atoms with Crippen LogP contribution in [0, 0.1) is 0 Å². The van der Waals surface area contributed by atoms with E-state index in [9.17, 15) is 9.59 Å². The van der Waals surface area contributed by atoms with Gasteiger partial charge in [0.15, 0.2) is 5.82 Å². The van der Waals surface area contributed by atoms with Gasteiger partial charge < -0.3 is 14.9 Å². The molecule has 22 heavy (non-hydrogen) atoms. The molecule has 3 aromatic rings. The number of amides is 1. The molecule has 0 unspecified atom stereocenters. The first-order valence-corrected chi connectivity index (χ1v) is 6.97. The molecule has 2 aromatic heterocycles. The molecule has 0 aliphatic heterocycles. The highest BCUT2D eigenvalue weighted by Crippen LogP contribution is 2.05. The van der Waals surface area contributed by atoms with E-state index in [1.807, 2.05) is 10.8 Å². The number of nitrogens with one attached hydrogen (secondary N) is 2. The molecule has 1 amide bonds. The average Bonchev–Trinajstić information content (AvgIpc) is 3.04. The highest BCUT2D eigenvalue weighted by molar-refractivity contribution is 5.92.